The van der Waals surface area contributed by atoms with Crippen molar-refractivity contribution in [3.8, 4) is 11.5 Å². The average molecular weight is 429 g/mol. The zero-order valence-electron chi connectivity index (χ0n) is 19.0. The fourth-order valence-corrected chi connectivity index (χ4v) is 4.37. The van der Waals surface area contributed by atoms with Crippen LogP contribution in [-0.2, 0) is 0 Å². The molecule has 166 valence electrons. The molecule has 1 aliphatic rings. The quantitative estimate of drug-likeness (QED) is 0.497. The largest absolute Gasteiger partial charge is 0.497 e. The van der Waals surface area contributed by atoms with Crippen molar-refractivity contribution >= 4 is 6.08 Å². The minimum absolute atomic E-state index is 0.304. The maximum absolute atomic E-state index is 5.50. The predicted molar refractivity (Wildman–Crippen MR) is 131 cm³/mol. The van der Waals surface area contributed by atoms with Crippen molar-refractivity contribution < 1.29 is 9.47 Å². The fourth-order valence-electron chi connectivity index (χ4n) is 4.37. The number of nitrogens with zero attached hydrogens (tertiary/aromatic N) is 2. The normalized spacial score (nSPS) is 15.3. The van der Waals surface area contributed by atoms with Gasteiger partial charge in [0.05, 0.1) is 20.3 Å². The van der Waals surface area contributed by atoms with Gasteiger partial charge in [-0.05, 0) is 23.3 Å². The smallest absolute Gasteiger partial charge is 0.129 e. The molecule has 1 fully saturated rings. The van der Waals surface area contributed by atoms with E-state index in [9.17, 15) is 0 Å². The Morgan fingerprint density at radius 3 is 1.97 bits per heavy atom. The van der Waals surface area contributed by atoms with Crippen molar-refractivity contribution in [2.45, 2.75) is 6.04 Å². The van der Waals surface area contributed by atoms with Crippen LogP contribution in [0.1, 0.15) is 22.7 Å². The van der Waals surface area contributed by atoms with Crippen LogP contribution in [-0.4, -0.2) is 56.7 Å². The highest BCUT2D eigenvalue weighted by Gasteiger charge is 2.25. The van der Waals surface area contributed by atoms with E-state index in [2.05, 4.69) is 82.6 Å². The van der Waals surface area contributed by atoms with E-state index >= 15 is 0 Å². The van der Waals surface area contributed by atoms with Gasteiger partial charge in [0.15, 0.2) is 0 Å². The molecule has 0 saturated carbocycles. The summed E-state index contributed by atoms with van der Waals surface area (Å²) < 4.78 is 10.8. The predicted octanol–water partition coefficient (Wildman–Crippen LogP) is 5.12. The molecular formula is C28H32N2O2. The highest BCUT2D eigenvalue weighted by Crippen LogP contribution is 2.29. The molecule has 4 nitrogen and oxygen atoms in total. The van der Waals surface area contributed by atoms with Crippen LogP contribution in [0.3, 0.4) is 0 Å². The van der Waals surface area contributed by atoms with Crippen LogP contribution in [0.25, 0.3) is 6.08 Å². The summed E-state index contributed by atoms with van der Waals surface area (Å²) in [5.41, 5.74) is 3.79. The van der Waals surface area contributed by atoms with E-state index in [1.165, 1.54) is 11.1 Å². The molecule has 0 spiro atoms. The summed E-state index contributed by atoms with van der Waals surface area (Å²) in [6.07, 6.45) is 4.37. The molecule has 0 radical (unpaired) electrons. The second-order valence-electron chi connectivity index (χ2n) is 8.07. The van der Waals surface area contributed by atoms with Crippen molar-refractivity contribution in [3.63, 3.8) is 0 Å². The summed E-state index contributed by atoms with van der Waals surface area (Å²) in [7, 11) is 3.37. The topological polar surface area (TPSA) is 24.9 Å². The highest BCUT2D eigenvalue weighted by atomic mass is 16.5. The molecule has 4 rings (SSSR count). The van der Waals surface area contributed by atoms with E-state index in [1.54, 1.807) is 14.2 Å². The lowest BCUT2D eigenvalue weighted by molar-refractivity contribution is 0.118. The summed E-state index contributed by atoms with van der Waals surface area (Å²) in [5, 5.41) is 0. The Bertz CT molecular complexity index is 957. The number of benzene rings is 3. The van der Waals surface area contributed by atoms with Crippen molar-refractivity contribution in [1.29, 1.82) is 0 Å². The van der Waals surface area contributed by atoms with Crippen LogP contribution in [0.5, 0.6) is 11.5 Å². The van der Waals surface area contributed by atoms with Gasteiger partial charge in [-0.15, -0.1) is 0 Å². The third-order valence-electron chi connectivity index (χ3n) is 6.10. The van der Waals surface area contributed by atoms with E-state index in [4.69, 9.17) is 9.47 Å². The number of rotatable bonds is 8. The fraction of sp³-hybridized carbons (Fsp3) is 0.286. The van der Waals surface area contributed by atoms with Crippen molar-refractivity contribution in [3.05, 3.63) is 102 Å². The third-order valence-corrected chi connectivity index (χ3v) is 6.10. The van der Waals surface area contributed by atoms with E-state index in [-0.39, 0.29) is 0 Å². The lowest BCUT2D eigenvalue weighted by Crippen LogP contribution is -2.47. The van der Waals surface area contributed by atoms with Gasteiger partial charge in [-0.1, -0.05) is 72.8 Å². The SMILES string of the molecule is COc1ccc(/C=C/CN2CCN(C(c3ccccc3)c3ccccc3)CC2)c(OC)c1. The molecule has 0 aliphatic carbocycles. The van der Waals surface area contributed by atoms with Crippen LogP contribution >= 0.6 is 0 Å². The van der Waals surface area contributed by atoms with Gasteiger partial charge in [0.25, 0.3) is 0 Å². The number of methoxy groups -OCH3 is 2. The zero-order valence-corrected chi connectivity index (χ0v) is 19.0. The molecule has 0 atom stereocenters. The molecule has 1 aliphatic heterocycles. The second-order valence-corrected chi connectivity index (χ2v) is 8.07. The minimum atomic E-state index is 0.304. The minimum Gasteiger partial charge on any atom is -0.497 e. The van der Waals surface area contributed by atoms with E-state index in [0.717, 1.165) is 49.8 Å². The Labute approximate surface area is 191 Å². The lowest BCUT2D eigenvalue weighted by atomic mass is 9.96. The maximum Gasteiger partial charge on any atom is 0.129 e. The van der Waals surface area contributed by atoms with Crippen molar-refractivity contribution in [1.82, 2.24) is 9.80 Å². The van der Waals surface area contributed by atoms with Gasteiger partial charge < -0.3 is 9.47 Å². The van der Waals surface area contributed by atoms with Gasteiger partial charge in [-0.3, -0.25) is 9.80 Å². The monoisotopic (exact) mass is 428 g/mol. The molecule has 0 N–H and O–H groups in total. The summed E-state index contributed by atoms with van der Waals surface area (Å²) >= 11 is 0. The Morgan fingerprint density at radius 2 is 1.41 bits per heavy atom. The summed E-state index contributed by atoms with van der Waals surface area (Å²) in [6.45, 7) is 5.15. The Kier molecular flexibility index (Phi) is 7.59. The molecule has 0 aromatic heterocycles. The molecule has 32 heavy (non-hydrogen) atoms. The number of ether oxygens (including phenoxy) is 2. The molecule has 3 aromatic rings. The van der Waals surface area contributed by atoms with Gasteiger partial charge in [0.2, 0.25) is 0 Å². The average Bonchev–Trinajstić information content (AvgIpc) is 2.86. The first kappa shape index (κ1) is 22.1. The van der Waals surface area contributed by atoms with Crippen LogP contribution < -0.4 is 9.47 Å². The van der Waals surface area contributed by atoms with Crippen LogP contribution in [0, 0.1) is 0 Å². The Morgan fingerprint density at radius 1 is 0.781 bits per heavy atom. The van der Waals surface area contributed by atoms with Crippen molar-refractivity contribution in [2.75, 3.05) is 46.9 Å². The summed E-state index contributed by atoms with van der Waals surface area (Å²) in [4.78, 5) is 5.12. The van der Waals surface area contributed by atoms with Gasteiger partial charge >= 0.3 is 0 Å². The Balaban J connectivity index is 1.38. The first-order chi connectivity index (χ1) is 15.8. The third kappa shape index (κ3) is 5.39. The number of piperazine rings is 1. The van der Waals surface area contributed by atoms with E-state index in [1.807, 2.05) is 18.2 Å². The number of hydrogen-bond acceptors (Lipinski definition) is 4. The van der Waals surface area contributed by atoms with E-state index < -0.39 is 0 Å². The second kappa shape index (κ2) is 11.0. The van der Waals surface area contributed by atoms with Gasteiger partial charge in [-0.2, -0.15) is 0 Å². The van der Waals surface area contributed by atoms with Gasteiger partial charge in [-0.25, -0.2) is 0 Å². The van der Waals surface area contributed by atoms with E-state index in [0.29, 0.717) is 6.04 Å². The highest BCUT2D eigenvalue weighted by molar-refractivity contribution is 5.59. The molecule has 0 amide bonds. The molecule has 1 heterocycles. The van der Waals surface area contributed by atoms with Crippen LogP contribution in [0.2, 0.25) is 0 Å². The van der Waals surface area contributed by atoms with Crippen LogP contribution in [0.4, 0.5) is 0 Å². The molecule has 0 bridgehead atoms. The summed E-state index contributed by atoms with van der Waals surface area (Å²) in [6, 6.07) is 27.9. The molecule has 4 heteroatoms. The summed E-state index contributed by atoms with van der Waals surface area (Å²) in [5.74, 6) is 1.64. The first-order valence-corrected chi connectivity index (χ1v) is 11.2. The molecule has 0 unspecified atom stereocenters. The van der Waals surface area contributed by atoms with Crippen LogP contribution in [0.15, 0.2) is 84.9 Å². The Hall–Kier alpha value is -3.08. The lowest BCUT2D eigenvalue weighted by Gasteiger charge is -2.39. The molecule has 1 saturated heterocycles. The van der Waals surface area contributed by atoms with Gasteiger partial charge in [0, 0.05) is 44.4 Å². The van der Waals surface area contributed by atoms with Crippen molar-refractivity contribution in [2.24, 2.45) is 0 Å². The standard InChI is InChI=1S/C28H32N2O2/c1-31-26-16-15-23(27(22-26)32-2)14-9-17-29-18-20-30(21-19-29)28(24-10-5-3-6-11-24)25-12-7-4-8-13-25/h3-16,22,28H,17-21H2,1-2H3/b14-9+. The van der Waals surface area contributed by atoms with Gasteiger partial charge in [0.1, 0.15) is 11.5 Å². The maximum atomic E-state index is 5.50. The molecular weight excluding hydrogens is 396 g/mol. The zero-order chi connectivity index (χ0) is 22.2. The molecule has 3 aromatic carbocycles. The first-order valence-electron chi connectivity index (χ1n) is 11.2. The number of hydrogen-bond donors (Lipinski definition) is 0.